The van der Waals surface area contributed by atoms with Crippen LogP contribution in [0.1, 0.15) is 0 Å². The van der Waals surface area contributed by atoms with Gasteiger partial charge in [0.1, 0.15) is 0 Å². The maximum absolute atomic E-state index is 0. The molecule has 0 aliphatic rings. The van der Waals surface area contributed by atoms with Gasteiger partial charge in [0.15, 0.2) is 0 Å². The number of halogens is 3. The largest absolute Gasteiger partial charge is 2.00 e. The van der Waals surface area contributed by atoms with Gasteiger partial charge in [-0.2, -0.15) is 0 Å². The fourth-order valence-corrected chi connectivity index (χ4v) is 0. The van der Waals surface area contributed by atoms with Gasteiger partial charge in [0.05, 0.1) is 0 Å². The second-order valence-corrected chi connectivity index (χ2v) is 0. The van der Waals surface area contributed by atoms with E-state index in [9.17, 15) is 0 Å². The second kappa shape index (κ2) is 23.5. The van der Waals surface area contributed by atoms with Gasteiger partial charge in [0, 0.05) is 0 Å². The normalized spacial score (nSPS) is 0. The molecule has 0 amide bonds. The SMILES string of the molecule is [Br-].[Br-].[Br-].[K+].[Sr+2]. The fraction of sp³-hybridized carbons (Fsp3) is 0. The van der Waals surface area contributed by atoms with Gasteiger partial charge in [0.2, 0.25) is 0 Å². The second-order valence-electron chi connectivity index (χ2n) is 0. The quantitative estimate of drug-likeness (QED) is 0.374. The summed E-state index contributed by atoms with van der Waals surface area (Å²) in [6, 6.07) is 0. The van der Waals surface area contributed by atoms with Crippen molar-refractivity contribution in [3.05, 3.63) is 0 Å². The van der Waals surface area contributed by atoms with E-state index in [0.29, 0.717) is 0 Å². The summed E-state index contributed by atoms with van der Waals surface area (Å²) in [6.07, 6.45) is 0. The van der Waals surface area contributed by atoms with Crippen molar-refractivity contribution in [1.29, 1.82) is 0 Å². The first-order valence-corrected chi connectivity index (χ1v) is 0. The maximum Gasteiger partial charge on any atom is 2.00 e. The Balaban J connectivity index is 0. The minimum Gasteiger partial charge on any atom is -1.00 e. The molecule has 0 aromatic rings. The fourth-order valence-electron chi connectivity index (χ4n) is 0. The molecule has 0 heterocycles. The third kappa shape index (κ3) is 17.7. The van der Waals surface area contributed by atoms with Crippen LogP contribution < -0.4 is 102 Å². The predicted molar refractivity (Wildman–Crippen MR) is 5.75 cm³/mol. The minimum atomic E-state index is 0. The molecule has 0 spiro atoms. The van der Waals surface area contributed by atoms with E-state index in [4.69, 9.17) is 0 Å². The molecular formula is Br3KSr. The van der Waals surface area contributed by atoms with Crippen LogP contribution in [0.2, 0.25) is 0 Å². The number of hydrogen-bond acceptors (Lipinski definition) is 0. The van der Waals surface area contributed by atoms with Gasteiger partial charge in [-0.3, -0.25) is 0 Å². The van der Waals surface area contributed by atoms with Crippen molar-refractivity contribution in [3.63, 3.8) is 0 Å². The summed E-state index contributed by atoms with van der Waals surface area (Å²) in [7, 11) is 0. The van der Waals surface area contributed by atoms with Gasteiger partial charge in [-0.05, 0) is 0 Å². The number of rotatable bonds is 0. The summed E-state index contributed by atoms with van der Waals surface area (Å²) >= 11 is 0. The molecule has 0 nitrogen and oxygen atoms in total. The first-order chi connectivity index (χ1) is 0. The van der Waals surface area contributed by atoms with Crippen molar-refractivity contribution in [3.8, 4) is 0 Å². The van der Waals surface area contributed by atoms with Gasteiger partial charge in [-0.15, -0.1) is 0 Å². The van der Waals surface area contributed by atoms with Crippen molar-refractivity contribution in [2.75, 3.05) is 0 Å². The minimum absolute atomic E-state index is 0. The maximum atomic E-state index is 0. The zero-order chi connectivity index (χ0) is 0. The molecule has 0 aromatic heterocycles. The standard InChI is InChI=1S/3BrH.K.Sr/h3*1H;;/q;;;+1;+2/p-3. The van der Waals surface area contributed by atoms with Gasteiger partial charge in [-0.25, -0.2) is 0 Å². The molecule has 0 aliphatic heterocycles. The molecule has 0 unspecified atom stereocenters. The molecule has 0 atom stereocenters. The van der Waals surface area contributed by atoms with Crippen LogP contribution in [0, 0.1) is 0 Å². The third-order valence-corrected chi connectivity index (χ3v) is 0. The van der Waals surface area contributed by atoms with E-state index in [0.717, 1.165) is 0 Å². The summed E-state index contributed by atoms with van der Waals surface area (Å²) in [4.78, 5) is 0. The molecule has 0 rings (SSSR count). The Hall–Kier alpha value is 4.56. The van der Waals surface area contributed by atoms with E-state index >= 15 is 0 Å². The van der Waals surface area contributed by atoms with Crippen LogP contribution in [0.5, 0.6) is 0 Å². The molecule has 24 valence electrons. The Morgan fingerprint density at radius 1 is 0.600 bits per heavy atom. The van der Waals surface area contributed by atoms with E-state index in [-0.39, 0.29) is 148 Å². The van der Waals surface area contributed by atoms with Gasteiger partial charge in [0.25, 0.3) is 0 Å². The third-order valence-electron chi connectivity index (χ3n) is 0. The van der Waals surface area contributed by atoms with Gasteiger partial charge >= 0.3 is 96.9 Å². The monoisotopic (exact) mass is 364 g/mol. The first-order valence-electron chi connectivity index (χ1n) is 0. The van der Waals surface area contributed by atoms with Crippen LogP contribution in [-0.2, 0) is 0 Å². The summed E-state index contributed by atoms with van der Waals surface area (Å²) in [5.41, 5.74) is 0. The Bertz CT molecular complexity index is 6.85. The van der Waals surface area contributed by atoms with E-state index in [1.54, 1.807) is 0 Å². The molecule has 0 N–H and O–H groups in total. The Labute approximate surface area is 143 Å². The van der Waals surface area contributed by atoms with Crippen molar-refractivity contribution in [1.82, 2.24) is 0 Å². The van der Waals surface area contributed by atoms with Crippen LogP contribution in [-0.4, -0.2) is 45.5 Å². The molecule has 0 fully saturated rings. The molecular weight excluding hydrogens is 366 g/mol. The van der Waals surface area contributed by atoms with Crippen LogP contribution in [0.4, 0.5) is 0 Å². The average Bonchev–Trinajstić information content (AvgIpc) is 0. The average molecular weight is 366 g/mol. The zero-order valence-corrected chi connectivity index (χ0v) is 14.2. The summed E-state index contributed by atoms with van der Waals surface area (Å²) in [6.45, 7) is 0. The van der Waals surface area contributed by atoms with Crippen molar-refractivity contribution in [2.45, 2.75) is 0 Å². The van der Waals surface area contributed by atoms with Crippen molar-refractivity contribution >= 4 is 45.5 Å². The zero-order valence-electron chi connectivity index (χ0n) is 2.84. The van der Waals surface area contributed by atoms with Gasteiger partial charge < -0.3 is 50.9 Å². The predicted octanol–water partition coefficient (Wildman–Crippen LogP) is -12.4. The van der Waals surface area contributed by atoms with Gasteiger partial charge in [-0.1, -0.05) is 0 Å². The van der Waals surface area contributed by atoms with Crippen LogP contribution in [0.25, 0.3) is 0 Å². The number of hydrogen-bond donors (Lipinski definition) is 0. The molecule has 0 radical (unpaired) electrons. The van der Waals surface area contributed by atoms with Crippen LogP contribution in [0.15, 0.2) is 0 Å². The van der Waals surface area contributed by atoms with E-state index < -0.39 is 0 Å². The summed E-state index contributed by atoms with van der Waals surface area (Å²) < 4.78 is 0. The smallest absolute Gasteiger partial charge is 1.00 e. The molecule has 0 saturated carbocycles. The molecule has 0 aromatic carbocycles. The first kappa shape index (κ1) is 33.7. The summed E-state index contributed by atoms with van der Waals surface area (Å²) in [5, 5.41) is 0. The molecule has 5 heavy (non-hydrogen) atoms. The van der Waals surface area contributed by atoms with Crippen molar-refractivity contribution in [2.24, 2.45) is 0 Å². The Morgan fingerprint density at radius 2 is 0.600 bits per heavy atom. The van der Waals surface area contributed by atoms with Crippen LogP contribution >= 0.6 is 0 Å². The van der Waals surface area contributed by atoms with Crippen molar-refractivity contribution < 1.29 is 102 Å². The topological polar surface area (TPSA) is 0 Å². The van der Waals surface area contributed by atoms with E-state index in [1.807, 2.05) is 0 Å². The molecule has 0 bridgehead atoms. The Morgan fingerprint density at radius 3 is 0.600 bits per heavy atom. The summed E-state index contributed by atoms with van der Waals surface area (Å²) in [5.74, 6) is 0. The van der Waals surface area contributed by atoms with E-state index in [2.05, 4.69) is 0 Å². The molecule has 0 saturated heterocycles. The molecule has 5 heteroatoms. The molecule has 0 aliphatic carbocycles. The van der Waals surface area contributed by atoms with E-state index in [1.165, 1.54) is 0 Å². The Kier molecular flexibility index (Phi) is 159. The van der Waals surface area contributed by atoms with Crippen LogP contribution in [0.3, 0.4) is 0 Å².